The van der Waals surface area contributed by atoms with Gasteiger partial charge in [0, 0.05) is 21.5 Å². The van der Waals surface area contributed by atoms with Crippen molar-refractivity contribution in [3.8, 4) is 17.0 Å². The Bertz CT molecular complexity index is 826. The summed E-state index contributed by atoms with van der Waals surface area (Å²) in [6.07, 6.45) is 3.03. The number of aryl methyl sites for hydroxylation is 1. The van der Waals surface area contributed by atoms with Crippen LogP contribution in [0.2, 0.25) is 5.02 Å². The predicted molar refractivity (Wildman–Crippen MR) is 102 cm³/mol. The Morgan fingerprint density at radius 2 is 1.96 bits per heavy atom. The van der Waals surface area contributed by atoms with Crippen molar-refractivity contribution in [3.63, 3.8) is 0 Å². The molecule has 0 aliphatic heterocycles. The van der Waals surface area contributed by atoms with Crippen LogP contribution >= 0.6 is 11.6 Å². The summed E-state index contributed by atoms with van der Waals surface area (Å²) in [5, 5.41) is 1.94. The SMILES string of the molecule is CCOc1ccccc1-c1[nH]c2ccc(Cl)cc2c1CCCCN. The number of hydrogen-bond acceptors (Lipinski definition) is 2. The molecule has 3 rings (SSSR count). The zero-order valence-corrected chi connectivity index (χ0v) is 14.7. The van der Waals surface area contributed by atoms with Gasteiger partial charge in [0.05, 0.1) is 12.3 Å². The molecule has 0 bridgehead atoms. The molecule has 0 unspecified atom stereocenters. The third-order valence-electron chi connectivity index (χ3n) is 4.21. The lowest BCUT2D eigenvalue weighted by atomic mass is 10.00. The average Bonchev–Trinajstić information content (AvgIpc) is 2.94. The molecule has 3 N–H and O–H groups in total. The van der Waals surface area contributed by atoms with Crippen LogP contribution in [-0.2, 0) is 6.42 Å². The van der Waals surface area contributed by atoms with E-state index in [9.17, 15) is 0 Å². The maximum absolute atomic E-state index is 6.23. The Hall–Kier alpha value is -1.97. The monoisotopic (exact) mass is 342 g/mol. The highest BCUT2D eigenvalue weighted by atomic mass is 35.5. The van der Waals surface area contributed by atoms with E-state index in [-0.39, 0.29) is 0 Å². The molecule has 24 heavy (non-hydrogen) atoms. The summed E-state index contributed by atoms with van der Waals surface area (Å²) in [5.74, 6) is 0.901. The van der Waals surface area contributed by atoms with Crippen molar-refractivity contribution in [2.45, 2.75) is 26.2 Å². The molecule has 0 aliphatic carbocycles. The summed E-state index contributed by atoms with van der Waals surface area (Å²) in [6, 6.07) is 14.2. The van der Waals surface area contributed by atoms with Crippen LogP contribution in [0.25, 0.3) is 22.2 Å². The first-order valence-corrected chi connectivity index (χ1v) is 8.84. The third-order valence-corrected chi connectivity index (χ3v) is 4.44. The Labute approximate surface area is 147 Å². The van der Waals surface area contributed by atoms with Gasteiger partial charge in [-0.1, -0.05) is 23.7 Å². The number of hydrogen-bond donors (Lipinski definition) is 2. The Kier molecular flexibility index (Phi) is 5.44. The molecule has 2 aromatic carbocycles. The minimum atomic E-state index is 0.644. The van der Waals surface area contributed by atoms with Crippen LogP contribution in [0.1, 0.15) is 25.3 Å². The number of unbranched alkanes of at least 4 members (excludes halogenated alkanes) is 1. The maximum atomic E-state index is 6.23. The minimum absolute atomic E-state index is 0.644. The second-order valence-electron chi connectivity index (χ2n) is 5.84. The third kappa shape index (κ3) is 3.42. The summed E-state index contributed by atoms with van der Waals surface area (Å²) in [6.45, 7) is 3.36. The molecule has 0 fully saturated rings. The van der Waals surface area contributed by atoms with Crippen molar-refractivity contribution in [3.05, 3.63) is 53.1 Å². The van der Waals surface area contributed by atoms with Crippen molar-refractivity contribution in [1.29, 1.82) is 0 Å². The Morgan fingerprint density at radius 1 is 1.12 bits per heavy atom. The zero-order valence-electron chi connectivity index (χ0n) is 13.9. The molecular weight excluding hydrogens is 320 g/mol. The van der Waals surface area contributed by atoms with Gasteiger partial charge in [-0.15, -0.1) is 0 Å². The molecule has 0 amide bonds. The van der Waals surface area contributed by atoms with Gasteiger partial charge < -0.3 is 15.5 Å². The lowest BCUT2D eigenvalue weighted by molar-refractivity contribution is 0.341. The highest BCUT2D eigenvalue weighted by Gasteiger charge is 2.16. The van der Waals surface area contributed by atoms with Gasteiger partial charge in [0.25, 0.3) is 0 Å². The number of rotatable bonds is 7. The molecule has 0 spiro atoms. The lowest BCUT2D eigenvalue weighted by Crippen LogP contribution is -2.00. The van der Waals surface area contributed by atoms with E-state index in [0.717, 1.165) is 46.8 Å². The van der Waals surface area contributed by atoms with Crippen molar-refractivity contribution in [1.82, 2.24) is 4.98 Å². The molecule has 4 heteroatoms. The number of aromatic amines is 1. The summed E-state index contributed by atoms with van der Waals surface area (Å²) in [7, 11) is 0. The largest absolute Gasteiger partial charge is 0.493 e. The van der Waals surface area contributed by atoms with E-state index in [1.54, 1.807) is 0 Å². The Balaban J connectivity index is 2.14. The maximum Gasteiger partial charge on any atom is 0.128 e. The molecule has 1 aromatic heterocycles. The van der Waals surface area contributed by atoms with Crippen molar-refractivity contribution < 1.29 is 4.74 Å². The fourth-order valence-corrected chi connectivity index (χ4v) is 3.28. The molecule has 0 saturated carbocycles. The molecule has 3 nitrogen and oxygen atoms in total. The summed E-state index contributed by atoms with van der Waals surface area (Å²) in [5.41, 5.74) is 10.3. The van der Waals surface area contributed by atoms with Gasteiger partial charge in [-0.05, 0) is 68.6 Å². The molecule has 0 radical (unpaired) electrons. The molecule has 0 atom stereocenters. The van der Waals surface area contributed by atoms with Crippen molar-refractivity contribution in [2.75, 3.05) is 13.2 Å². The number of benzene rings is 2. The second-order valence-corrected chi connectivity index (χ2v) is 6.28. The summed E-state index contributed by atoms with van der Waals surface area (Å²) >= 11 is 6.23. The highest BCUT2D eigenvalue weighted by molar-refractivity contribution is 6.31. The van der Waals surface area contributed by atoms with Crippen LogP contribution in [0, 0.1) is 0 Å². The quantitative estimate of drug-likeness (QED) is 0.582. The van der Waals surface area contributed by atoms with Crippen LogP contribution in [0.15, 0.2) is 42.5 Å². The van der Waals surface area contributed by atoms with Crippen LogP contribution in [0.5, 0.6) is 5.75 Å². The van der Waals surface area contributed by atoms with Gasteiger partial charge in [-0.3, -0.25) is 0 Å². The zero-order chi connectivity index (χ0) is 16.9. The van der Waals surface area contributed by atoms with Gasteiger partial charge in [-0.2, -0.15) is 0 Å². The second kappa shape index (κ2) is 7.73. The lowest BCUT2D eigenvalue weighted by Gasteiger charge is -2.11. The molecule has 126 valence electrons. The van der Waals surface area contributed by atoms with Crippen molar-refractivity contribution in [2.24, 2.45) is 5.73 Å². The standard InChI is InChI=1S/C20H23ClN2O/c1-2-24-19-9-4-3-8-16(19)20-15(7-5-6-12-22)17-13-14(21)10-11-18(17)23-20/h3-4,8-11,13,23H,2,5-7,12,22H2,1H3. The molecule has 1 heterocycles. The van der Waals surface area contributed by atoms with Crippen LogP contribution < -0.4 is 10.5 Å². The minimum Gasteiger partial charge on any atom is -0.493 e. The number of halogens is 1. The number of H-pyrrole nitrogens is 1. The number of para-hydroxylation sites is 1. The highest BCUT2D eigenvalue weighted by Crippen LogP contribution is 2.37. The first kappa shape index (κ1) is 16.9. The first-order chi connectivity index (χ1) is 11.7. The van der Waals surface area contributed by atoms with Crippen molar-refractivity contribution >= 4 is 22.5 Å². The molecular formula is C20H23ClN2O. The van der Waals surface area contributed by atoms with E-state index < -0.39 is 0 Å². The van der Waals surface area contributed by atoms with E-state index >= 15 is 0 Å². The number of fused-ring (bicyclic) bond motifs is 1. The van der Waals surface area contributed by atoms with E-state index in [1.807, 2.05) is 43.3 Å². The van der Waals surface area contributed by atoms with Gasteiger partial charge in [0.15, 0.2) is 0 Å². The number of nitrogens with two attached hydrogens (primary N) is 1. The van der Waals surface area contributed by atoms with Crippen LogP contribution in [-0.4, -0.2) is 18.1 Å². The normalized spacial score (nSPS) is 11.1. The van der Waals surface area contributed by atoms with E-state index in [2.05, 4.69) is 11.1 Å². The molecule has 0 aliphatic rings. The fraction of sp³-hybridized carbons (Fsp3) is 0.300. The van der Waals surface area contributed by atoms with Gasteiger partial charge >= 0.3 is 0 Å². The Morgan fingerprint density at radius 3 is 2.75 bits per heavy atom. The number of aromatic nitrogens is 1. The number of nitrogens with one attached hydrogen (secondary N) is 1. The topological polar surface area (TPSA) is 51.0 Å². The smallest absolute Gasteiger partial charge is 0.128 e. The van der Waals surface area contributed by atoms with Gasteiger partial charge in [-0.25, -0.2) is 0 Å². The van der Waals surface area contributed by atoms with E-state index in [4.69, 9.17) is 22.1 Å². The number of ether oxygens (including phenoxy) is 1. The molecule has 0 saturated heterocycles. The van der Waals surface area contributed by atoms with Crippen LogP contribution in [0.3, 0.4) is 0 Å². The fourth-order valence-electron chi connectivity index (χ4n) is 3.11. The van der Waals surface area contributed by atoms with Crippen LogP contribution in [0.4, 0.5) is 0 Å². The van der Waals surface area contributed by atoms with E-state index in [1.165, 1.54) is 10.9 Å². The summed E-state index contributed by atoms with van der Waals surface area (Å²) in [4.78, 5) is 3.56. The average molecular weight is 343 g/mol. The van der Waals surface area contributed by atoms with Gasteiger partial charge in [0.1, 0.15) is 5.75 Å². The van der Waals surface area contributed by atoms with E-state index in [0.29, 0.717) is 13.2 Å². The summed E-state index contributed by atoms with van der Waals surface area (Å²) < 4.78 is 5.83. The first-order valence-electron chi connectivity index (χ1n) is 8.47. The predicted octanol–water partition coefficient (Wildman–Crippen LogP) is 5.17. The van der Waals surface area contributed by atoms with Gasteiger partial charge in [0.2, 0.25) is 0 Å². The molecule has 3 aromatic rings.